The van der Waals surface area contributed by atoms with E-state index < -0.39 is 22.1 Å². The van der Waals surface area contributed by atoms with E-state index in [1.165, 1.54) is 55.5 Å². The Labute approximate surface area is 145 Å². The molecule has 0 amide bonds. The van der Waals surface area contributed by atoms with E-state index in [1.54, 1.807) is 0 Å². The van der Waals surface area contributed by atoms with Crippen molar-refractivity contribution in [2.24, 2.45) is 0 Å². The topological polar surface area (TPSA) is 92.4 Å². The number of esters is 1. The average Bonchev–Trinajstić information content (AvgIpc) is 2.52. The van der Waals surface area contributed by atoms with Gasteiger partial charge in [-0.05, 0) is 42.0 Å². The first-order valence-corrected chi connectivity index (χ1v) is 8.83. The number of hydrogen-bond donors (Lipinski definition) is 1. The maximum absolute atomic E-state index is 12.3. The molecule has 0 saturated heterocycles. The molecule has 2 aromatic rings. The third-order valence-corrected chi connectivity index (χ3v) is 4.83. The maximum atomic E-state index is 12.3. The van der Waals surface area contributed by atoms with Crippen LogP contribution < -0.4 is 4.72 Å². The van der Waals surface area contributed by atoms with Gasteiger partial charge >= 0.3 is 5.97 Å². The van der Waals surface area contributed by atoms with Crippen molar-refractivity contribution < 1.29 is 23.1 Å². The lowest BCUT2D eigenvalue weighted by Gasteiger charge is -2.18. The van der Waals surface area contributed by atoms with Crippen molar-refractivity contribution in [3.05, 3.63) is 59.1 Å². The van der Waals surface area contributed by atoms with Crippen LogP contribution in [0, 0.1) is 0 Å². The number of halogens is 1. The summed E-state index contributed by atoms with van der Waals surface area (Å²) in [7, 11) is -3.79. The van der Waals surface area contributed by atoms with Gasteiger partial charge in [0.1, 0.15) is 6.10 Å². The van der Waals surface area contributed by atoms with E-state index in [4.69, 9.17) is 16.3 Å². The van der Waals surface area contributed by atoms with Crippen molar-refractivity contribution in [3.8, 4) is 5.75 Å². The second-order valence-corrected chi connectivity index (χ2v) is 7.18. The monoisotopic (exact) mass is 368 g/mol. The van der Waals surface area contributed by atoms with Gasteiger partial charge in [-0.1, -0.05) is 23.7 Å². The van der Waals surface area contributed by atoms with Crippen LogP contribution in [0.5, 0.6) is 5.75 Å². The average molecular weight is 369 g/mol. The van der Waals surface area contributed by atoms with Crippen molar-refractivity contribution >= 4 is 27.6 Å². The van der Waals surface area contributed by atoms with Crippen LogP contribution in [0.2, 0.25) is 5.02 Å². The largest absolute Gasteiger partial charge is 0.456 e. The molecule has 1 radical (unpaired) electrons. The molecule has 0 fully saturated rings. The predicted octanol–water partition coefficient (Wildman–Crippen LogP) is 3.07. The Morgan fingerprint density at radius 1 is 1.12 bits per heavy atom. The van der Waals surface area contributed by atoms with E-state index in [2.05, 4.69) is 4.72 Å². The van der Waals surface area contributed by atoms with Gasteiger partial charge < -0.3 is 4.74 Å². The van der Waals surface area contributed by atoms with E-state index in [0.29, 0.717) is 10.6 Å². The first-order chi connectivity index (χ1) is 11.3. The van der Waals surface area contributed by atoms with Gasteiger partial charge in [-0.25, -0.2) is 13.1 Å². The molecule has 6 nitrogen and oxygen atoms in total. The molecule has 0 aliphatic heterocycles. The van der Waals surface area contributed by atoms with Crippen LogP contribution in [0.4, 0.5) is 0 Å². The highest BCUT2D eigenvalue weighted by molar-refractivity contribution is 7.89. The normalized spacial score (nSPS) is 12.6. The zero-order chi connectivity index (χ0) is 17.7. The molecule has 1 unspecified atom stereocenters. The van der Waals surface area contributed by atoms with Crippen LogP contribution >= 0.6 is 11.6 Å². The molecule has 0 aliphatic rings. The summed E-state index contributed by atoms with van der Waals surface area (Å²) < 4.78 is 32.1. The third-order valence-electron chi connectivity index (χ3n) is 3.14. The molecule has 1 N–H and O–H groups in total. The van der Waals surface area contributed by atoms with Crippen LogP contribution in [0.1, 0.15) is 18.6 Å². The lowest BCUT2D eigenvalue weighted by atomic mass is 10.1. The summed E-state index contributed by atoms with van der Waals surface area (Å²) in [5, 5.41) is 11.6. The molecule has 0 aromatic heterocycles. The van der Waals surface area contributed by atoms with E-state index in [9.17, 15) is 18.3 Å². The number of nitrogens with one attached hydrogen (secondary N) is 1. The fourth-order valence-electron chi connectivity index (χ4n) is 1.99. The van der Waals surface area contributed by atoms with Crippen molar-refractivity contribution in [1.29, 1.82) is 0 Å². The fourth-order valence-corrected chi connectivity index (χ4v) is 3.15. The molecule has 0 spiro atoms. The Bertz CT molecular complexity index is 803. The van der Waals surface area contributed by atoms with Gasteiger partial charge in [0, 0.05) is 11.9 Å². The molecule has 24 heavy (non-hydrogen) atoms. The van der Waals surface area contributed by atoms with Crippen LogP contribution in [-0.4, -0.2) is 20.9 Å². The SMILES string of the molecule is CC(=O)OC(CNS(=O)(=O)c1ccc(Cl)cc1)c1ccc([O])cc1. The number of rotatable bonds is 6. The lowest BCUT2D eigenvalue weighted by molar-refractivity contribution is -0.146. The summed E-state index contributed by atoms with van der Waals surface area (Å²) in [4.78, 5) is 11.3. The van der Waals surface area contributed by atoms with Crippen molar-refractivity contribution in [3.63, 3.8) is 0 Å². The first-order valence-electron chi connectivity index (χ1n) is 6.97. The molecule has 0 heterocycles. The van der Waals surface area contributed by atoms with E-state index in [0.717, 1.165) is 0 Å². The van der Waals surface area contributed by atoms with Gasteiger partial charge in [-0.3, -0.25) is 9.90 Å². The molecule has 8 heteroatoms. The summed E-state index contributed by atoms with van der Waals surface area (Å²) >= 11 is 5.74. The van der Waals surface area contributed by atoms with Gasteiger partial charge in [-0.15, -0.1) is 0 Å². The second kappa shape index (κ2) is 7.65. The molecule has 0 bridgehead atoms. The Balaban J connectivity index is 2.16. The first kappa shape index (κ1) is 18.3. The number of benzene rings is 2. The quantitative estimate of drug-likeness (QED) is 0.793. The van der Waals surface area contributed by atoms with Crippen LogP contribution in [0.15, 0.2) is 53.4 Å². The molecular formula is C16H15ClNO5S. The van der Waals surface area contributed by atoms with Gasteiger partial charge in [0.25, 0.3) is 0 Å². The molecule has 2 aromatic carbocycles. The molecule has 0 saturated carbocycles. The summed E-state index contributed by atoms with van der Waals surface area (Å²) in [5.74, 6) is -0.751. The molecule has 2 rings (SSSR count). The smallest absolute Gasteiger partial charge is 0.303 e. The minimum atomic E-state index is -3.79. The number of sulfonamides is 1. The molecule has 127 valence electrons. The van der Waals surface area contributed by atoms with Gasteiger partial charge in [0.2, 0.25) is 10.0 Å². The summed E-state index contributed by atoms with van der Waals surface area (Å²) in [6.45, 7) is 1.06. The predicted molar refractivity (Wildman–Crippen MR) is 87.7 cm³/mol. The molecule has 0 aliphatic carbocycles. The Morgan fingerprint density at radius 2 is 1.71 bits per heavy atom. The van der Waals surface area contributed by atoms with Crippen LogP contribution in [0.25, 0.3) is 0 Å². The molecule has 1 atom stereocenters. The Kier molecular flexibility index (Phi) is 5.82. The third kappa shape index (κ3) is 4.95. The fraction of sp³-hybridized carbons (Fsp3) is 0.188. The van der Waals surface area contributed by atoms with Gasteiger partial charge in [-0.2, -0.15) is 0 Å². The van der Waals surface area contributed by atoms with Crippen molar-refractivity contribution in [1.82, 2.24) is 4.72 Å². The van der Waals surface area contributed by atoms with Crippen LogP contribution in [-0.2, 0) is 24.7 Å². The van der Waals surface area contributed by atoms with Gasteiger partial charge in [0.15, 0.2) is 5.75 Å². The van der Waals surface area contributed by atoms with E-state index in [1.807, 2.05) is 0 Å². The zero-order valence-electron chi connectivity index (χ0n) is 12.7. The van der Waals surface area contributed by atoms with Gasteiger partial charge in [0.05, 0.1) is 11.4 Å². The zero-order valence-corrected chi connectivity index (χ0v) is 14.3. The number of carbonyl (C=O) groups is 1. The standard InChI is InChI=1S/C16H15ClNO5S/c1-11(19)23-16(12-2-6-14(20)7-3-12)10-18-24(21,22)15-8-4-13(17)5-9-15/h2-9,16,18H,10H2,1H3. The second-order valence-electron chi connectivity index (χ2n) is 4.97. The summed E-state index contributed by atoms with van der Waals surface area (Å²) in [6, 6.07) is 11.3. The number of hydrogen-bond acceptors (Lipinski definition) is 4. The summed E-state index contributed by atoms with van der Waals surface area (Å²) in [6.07, 6.45) is -0.842. The number of ether oxygens (including phenoxy) is 1. The highest BCUT2D eigenvalue weighted by Gasteiger charge is 2.20. The van der Waals surface area contributed by atoms with E-state index >= 15 is 0 Å². The highest BCUT2D eigenvalue weighted by atomic mass is 35.5. The van der Waals surface area contributed by atoms with Crippen molar-refractivity contribution in [2.75, 3.05) is 6.54 Å². The van der Waals surface area contributed by atoms with Crippen LogP contribution in [0.3, 0.4) is 0 Å². The van der Waals surface area contributed by atoms with E-state index in [-0.39, 0.29) is 17.2 Å². The van der Waals surface area contributed by atoms with Crippen molar-refractivity contribution in [2.45, 2.75) is 17.9 Å². The lowest BCUT2D eigenvalue weighted by Crippen LogP contribution is -2.30. The maximum Gasteiger partial charge on any atom is 0.303 e. The number of carbonyl (C=O) groups excluding carboxylic acids is 1. The summed E-state index contributed by atoms with van der Waals surface area (Å²) in [5.41, 5.74) is 0.517. The molecular weight excluding hydrogens is 354 g/mol. The minimum absolute atomic E-state index is 0.0448. The minimum Gasteiger partial charge on any atom is -0.456 e. The Hall–Kier alpha value is -2.09. The highest BCUT2D eigenvalue weighted by Crippen LogP contribution is 2.21. The Morgan fingerprint density at radius 3 is 2.25 bits per heavy atom.